The fourth-order valence-electron chi connectivity index (χ4n) is 1.72. The number of hydrogen-bond donors (Lipinski definition) is 2. The zero-order valence-corrected chi connectivity index (χ0v) is 12.1. The van der Waals surface area contributed by atoms with Crippen LogP contribution in [-0.4, -0.2) is 36.7 Å². The lowest BCUT2D eigenvalue weighted by molar-refractivity contribution is -0.142. The topological polar surface area (TPSA) is 75.6 Å². The van der Waals surface area contributed by atoms with E-state index < -0.39 is 11.4 Å². The summed E-state index contributed by atoms with van der Waals surface area (Å²) in [6.07, 6.45) is 0. The summed E-state index contributed by atoms with van der Waals surface area (Å²) in [5.41, 5.74) is 1.44. The molecule has 0 bridgehead atoms. The molecule has 1 amide bonds. The molecule has 2 N–H and O–H groups in total. The molecule has 0 atom stereocenters. The second-order valence-corrected chi connectivity index (χ2v) is 5.19. The number of carbonyl (C=O) groups excluding carboxylic acids is 1. The van der Waals surface area contributed by atoms with Crippen LogP contribution in [0.3, 0.4) is 0 Å². The van der Waals surface area contributed by atoms with Gasteiger partial charge < -0.3 is 15.2 Å². The maximum Gasteiger partial charge on any atom is 0.329 e. The van der Waals surface area contributed by atoms with E-state index in [2.05, 4.69) is 5.32 Å². The molecule has 1 aromatic rings. The smallest absolute Gasteiger partial charge is 0.329 e. The van der Waals surface area contributed by atoms with Gasteiger partial charge in [-0.15, -0.1) is 0 Å². The molecule has 110 valence electrons. The van der Waals surface area contributed by atoms with Crippen LogP contribution in [0.5, 0.6) is 0 Å². The number of benzene rings is 1. The van der Waals surface area contributed by atoms with Crippen LogP contribution in [0.25, 0.3) is 0 Å². The van der Waals surface area contributed by atoms with Crippen molar-refractivity contribution >= 4 is 11.9 Å². The van der Waals surface area contributed by atoms with E-state index in [1.54, 1.807) is 0 Å². The standard InChI is InChI=1S/C15H21NO4/c1-11-4-6-12(7-5-11)15(2,3)14(19)16-8-9-20-10-13(17)18/h4-7H,8-10H2,1-3H3,(H,16,19)(H,17,18). The number of rotatable bonds is 7. The first-order valence-corrected chi connectivity index (χ1v) is 6.49. The van der Waals surface area contributed by atoms with Crippen molar-refractivity contribution in [2.24, 2.45) is 0 Å². The second-order valence-electron chi connectivity index (χ2n) is 5.19. The third-order valence-corrected chi connectivity index (χ3v) is 3.10. The van der Waals surface area contributed by atoms with Crippen molar-refractivity contribution in [3.05, 3.63) is 35.4 Å². The molecule has 0 saturated carbocycles. The Labute approximate surface area is 118 Å². The van der Waals surface area contributed by atoms with Gasteiger partial charge in [0.15, 0.2) is 0 Å². The number of hydrogen-bond acceptors (Lipinski definition) is 3. The number of carbonyl (C=O) groups is 2. The molecule has 0 spiro atoms. The van der Waals surface area contributed by atoms with Gasteiger partial charge in [0.05, 0.1) is 12.0 Å². The molecule has 20 heavy (non-hydrogen) atoms. The number of aliphatic carboxylic acids is 1. The van der Waals surface area contributed by atoms with Crippen LogP contribution in [-0.2, 0) is 19.7 Å². The van der Waals surface area contributed by atoms with Gasteiger partial charge in [-0.1, -0.05) is 29.8 Å². The van der Waals surface area contributed by atoms with E-state index in [9.17, 15) is 9.59 Å². The number of carboxylic acids is 1. The molecule has 0 saturated heterocycles. The molecule has 0 aliphatic heterocycles. The first kappa shape index (κ1) is 16.2. The molecular formula is C15H21NO4. The average molecular weight is 279 g/mol. The highest BCUT2D eigenvalue weighted by Crippen LogP contribution is 2.23. The number of amides is 1. The molecule has 5 nitrogen and oxygen atoms in total. The van der Waals surface area contributed by atoms with Gasteiger partial charge in [-0.2, -0.15) is 0 Å². The van der Waals surface area contributed by atoms with Crippen LogP contribution >= 0.6 is 0 Å². The lowest BCUT2D eigenvalue weighted by Crippen LogP contribution is -2.41. The summed E-state index contributed by atoms with van der Waals surface area (Å²) in [5.74, 6) is -1.13. The van der Waals surface area contributed by atoms with E-state index in [0.717, 1.165) is 11.1 Å². The third-order valence-electron chi connectivity index (χ3n) is 3.10. The number of carboxylic acid groups (broad SMARTS) is 1. The zero-order chi connectivity index (χ0) is 15.2. The molecule has 0 unspecified atom stereocenters. The van der Waals surface area contributed by atoms with Gasteiger partial charge in [-0.05, 0) is 26.3 Å². The Bertz CT molecular complexity index is 465. The summed E-state index contributed by atoms with van der Waals surface area (Å²) in [4.78, 5) is 22.4. The lowest BCUT2D eigenvalue weighted by atomic mass is 9.83. The molecule has 0 aliphatic carbocycles. The molecule has 0 fully saturated rings. The molecule has 0 radical (unpaired) electrons. The van der Waals surface area contributed by atoms with Gasteiger partial charge in [0.1, 0.15) is 6.61 Å². The highest BCUT2D eigenvalue weighted by atomic mass is 16.5. The van der Waals surface area contributed by atoms with Gasteiger partial charge in [0, 0.05) is 6.54 Å². The van der Waals surface area contributed by atoms with Crippen molar-refractivity contribution in [3.63, 3.8) is 0 Å². The molecular weight excluding hydrogens is 258 g/mol. The van der Waals surface area contributed by atoms with Crippen molar-refractivity contribution in [2.45, 2.75) is 26.2 Å². The number of aryl methyl sites for hydroxylation is 1. The Morgan fingerprint density at radius 3 is 2.40 bits per heavy atom. The van der Waals surface area contributed by atoms with Gasteiger partial charge in [-0.25, -0.2) is 4.79 Å². The van der Waals surface area contributed by atoms with Crippen molar-refractivity contribution in [1.29, 1.82) is 0 Å². The van der Waals surface area contributed by atoms with Gasteiger partial charge in [0.2, 0.25) is 5.91 Å². The second kappa shape index (κ2) is 7.05. The van der Waals surface area contributed by atoms with Crippen molar-refractivity contribution < 1.29 is 19.4 Å². The largest absolute Gasteiger partial charge is 0.480 e. The first-order valence-electron chi connectivity index (χ1n) is 6.49. The van der Waals surface area contributed by atoms with E-state index in [0.29, 0.717) is 6.54 Å². The predicted octanol–water partition coefficient (Wildman–Crippen LogP) is 1.49. The van der Waals surface area contributed by atoms with Crippen LogP contribution in [0.15, 0.2) is 24.3 Å². The monoisotopic (exact) mass is 279 g/mol. The number of nitrogens with one attached hydrogen (secondary N) is 1. The SMILES string of the molecule is Cc1ccc(C(C)(C)C(=O)NCCOCC(=O)O)cc1. The zero-order valence-electron chi connectivity index (χ0n) is 12.1. The first-order chi connectivity index (χ1) is 9.34. The van der Waals surface area contributed by atoms with E-state index >= 15 is 0 Å². The Balaban J connectivity index is 2.48. The summed E-state index contributed by atoms with van der Waals surface area (Å²) < 4.78 is 4.87. The lowest BCUT2D eigenvalue weighted by Gasteiger charge is -2.24. The van der Waals surface area contributed by atoms with Gasteiger partial charge in [-0.3, -0.25) is 4.79 Å². The van der Waals surface area contributed by atoms with E-state index in [1.807, 2.05) is 45.0 Å². The van der Waals surface area contributed by atoms with Crippen LogP contribution in [0.2, 0.25) is 0 Å². The summed E-state index contributed by atoms with van der Waals surface area (Å²) in [6.45, 7) is 5.83. The molecule has 5 heteroatoms. The van der Waals surface area contributed by atoms with Crippen molar-refractivity contribution in [2.75, 3.05) is 19.8 Å². The maximum absolute atomic E-state index is 12.2. The van der Waals surface area contributed by atoms with E-state index in [1.165, 1.54) is 0 Å². The van der Waals surface area contributed by atoms with Crippen LogP contribution in [0.1, 0.15) is 25.0 Å². The van der Waals surface area contributed by atoms with Crippen molar-refractivity contribution in [3.8, 4) is 0 Å². The predicted molar refractivity (Wildman–Crippen MR) is 75.7 cm³/mol. The maximum atomic E-state index is 12.2. The third kappa shape index (κ3) is 4.66. The highest BCUT2D eigenvalue weighted by Gasteiger charge is 2.29. The van der Waals surface area contributed by atoms with Crippen molar-refractivity contribution in [1.82, 2.24) is 5.32 Å². The summed E-state index contributed by atoms with van der Waals surface area (Å²) in [5, 5.41) is 11.2. The minimum atomic E-state index is -1.02. The fraction of sp³-hybridized carbons (Fsp3) is 0.467. The Morgan fingerprint density at radius 1 is 1.25 bits per heavy atom. The number of ether oxygens (including phenoxy) is 1. The molecule has 1 rings (SSSR count). The fourth-order valence-corrected chi connectivity index (χ4v) is 1.72. The van der Waals surface area contributed by atoms with Gasteiger partial charge in [0.25, 0.3) is 0 Å². The quantitative estimate of drug-likeness (QED) is 0.741. The van der Waals surface area contributed by atoms with Crippen LogP contribution in [0.4, 0.5) is 0 Å². The molecule has 0 aromatic heterocycles. The molecule has 0 heterocycles. The minimum Gasteiger partial charge on any atom is -0.480 e. The molecule has 0 aliphatic rings. The Kier molecular flexibility index (Phi) is 5.70. The van der Waals surface area contributed by atoms with Crippen LogP contribution < -0.4 is 5.32 Å². The Hall–Kier alpha value is -1.88. The summed E-state index contributed by atoms with van der Waals surface area (Å²) in [6, 6.07) is 7.83. The summed E-state index contributed by atoms with van der Waals surface area (Å²) in [7, 11) is 0. The molecule has 1 aromatic carbocycles. The van der Waals surface area contributed by atoms with Crippen LogP contribution in [0, 0.1) is 6.92 Å². The Morgan fingerprint density at radius 2 is 1.85 bits per heavy atom. The van der Waals surface area contributed by atoms with E-state index in [-0.39, 0.29) is 19.1 Å². The van der Waals surface area contributed by atoms with Gasteiger partial charge >= 0.3 is 5.97 Å². The normalized spacial score (nSPS) is 11.2. The van der Waals surface area contributed by atoms with E-state index in [4.69, 9.17) is 9.84 Å². The average Bonchev–Trinajstić information content (AvgIpc) is 2.38. The highest BCUT2D eigenvalue weighted by molar-refractivity contribution is 5.87. The summed E-state index contributed by atoms with van der Waals surface area (Å²) >= 11 is 0. The minimum absolute atomic E-state index is 0.111.